The number of methoxy groups -OCH3 is 1. The third-order valence-corrected chi connectivity index (χ3v) is 2.28. The summed E-state index contributed by atoms with van der Waals surface area (Å²) in [4.78, 5) is 10.7. The zero-order chi connectivity index (χ0) is 14.5. The molecule has 4 nitrogen and oxygen atoms in total. The van der Waals surface area contributed by atoms with Crippen molar-refractivity contribution < 1.29 is 32.5 Å². The Morgan fingerprint density at radius 3 is 2.53 bits per heavy atom. The quantitative estimate of drug-likeness (QED) is 0.813. The van der Waals surface area contributed by atoms with Crippen molar-refractivity contribution in [1.82, 2.24) is 0 Å². The van der Waals surface area contributed by atoms with E-state index in [1.165, 1.54) is 7.11 Å². The van der Waals surface area contributed by atoms with Gasteiger partial charge in [-0.05, 0) is 18.2 Å². The normalized spacial score (nSPS) is 11.4. The lowest BCUT2D eigenvalue weighted by Crippen LogP contribution is -2.11. The molecule has 0 aliphatic heterocycles. The molecule has 1 rings (SSSR count). The minimum absolute atomic E-state index is 0.0139. The molecule has 19 heavy (non-hydrogen) atoms. The molecule has 0 saturated carbocycles. The molecule has 0 atom stereocenters. The molecule has 106 valence electrons. The highest BCUT2D eigenvalue weighted by Crippen LogP contribution is 2.36. The van der Waals surface area contributed by atoms with Gasteiger partial charge < -0.3 is 14.6 Å². The summed E-state index contributed by atoms with van der Waals surface area (Å²) in [5, 5.41) is 8.76. The maximum atomic E-state index is 12.7. The van der Waals surface area contributed by atoms with Crippen LogP contribution >= 0.6 is 0 Å². The van der Waals surface area contributed by atoms with Gasteiger partial charge in [-0.15, -0.1) is 0 Å². The number of halogens is 3. The first-order chi connectivity index (χ1) is 8.86. The van der Waals surface area contributed by atoms with E-state index in [9.17, 15) is 18.0 Å². The number of hydrogen-bond donors (Lipinski definition) is 1. The Kier molecular flexibility index (Phi) is 5.17. The lowest BCUT2D eigenvalue weighted by atomic mass is 10.1. The van der Waals surface area contributed by atoms with Crippen LogP contribution in [0.15, 0.2) is 18.2 Å². The van der Waals surface area contributed by atoms with E-state index in [0.717, 1.165) is 12.1 Å². The molecule has 0 spiro atoms. The molecule has 0 aliphatic rings. The minimum Gasteiger partial charge on any atom is -0.493 e. The van der Waals surface area contributed by atoms with E-state index in [4.69, 9.17) is 14.6 Å². The Hall–Kier alpha value is -1.76. The maximum absolute atomic E-state index is 12.7. The number of aromatic carboxylic acids is 1. The summed E-state index contributed by atoms with van der Waals surface area (Å²) in [5.74, 6) is -1.79. The molecule has 1 aromatic carbocycles. The van der Waals surface area contributed by atoms with E-state index in [-0.39, 0.29) is 12.2 Å². The smallest absolute Gasteiger partial charge is 0.419 e. The average molecular weight is 278 g/mol. The number of carboxylic acid groups (broad SMARTS) is 1. The Bertz CT molecular complexity index is 443. The fourth-order valence-electron chi connectivity index (χ4n) is 1.39. The topological polar surface area (TPSA) is 55.8 Å². The van der Waals surface area contributed by atoms with Crippen molar-refractivity contribution in [3.8, 4) is 5.75 Å². The lowest BCUT2D eigenvalue weighted by molar-refractivity contribution is -0.139. The molecule has 1 N–H and O–H groups in total. The number of ether oxygens (including phenoxy) is 2. The van der Waals surface area contributed by atoms with Crippen LogP contribution in [-0.2, 0) is 10.9 Å². The number of carbonyl (C=O) groups is 1. The maximum Gasteiger partial charge on any atom is 0.419 e. The van der Waals surface area contributed by atoms with Gasteiger partial charge in [-0.25, -0.2) is 4.79 Å². The highest BCUT2D eigenvalue weighted by molar-refractivity contribution is 5.88. The predicted molar refractivity (Wildman–Crippen MR) is 60.4 cm³/mol. The SMILES string of the molecule is COCCCOc1cc(C(=O)O)ccc1C(F)(F)F. The van der Waals surface area contributed by atoms with Crippen molar-refractivity contribution in [2.75, 3.05) is 20.3 Å². The first-order valence-electron chi connectivity index (χ1n) is 5.42. The summed E-state index contributed by atoms with van der Waals surface area (Å²) in [6.07, 6.45) is -4.18. The molecule has 7 heteroatoms. The van der Waals surface area contributed by atoms with Crippen LogP contribution < -0.4 is 4.74 Å². The molecule has 1 aromatic rings. The third kappa shape index (κ3) is 4.44. The molecule has 0 aromatic heterocycles. The molecule has 0 saturated heterocycles. The number of rotatable bonds is 6. The van der Waals surface area contributed by atoms with Crippen LogP contribution in [0.25, 0.3) is 0 Å². The van der Waals surface area contributed by atoms with Gasteiger partial charge >= 0.3 is 12.1 Å². The van der Waals surface area contributed by atoms with E-state index in [1.807, 2.05) is 0 Å². The van der Waals surface area contributed by atoms with Crippen molar-refractivity contribution >= 4 is 5.97 Å². The second kappa shape index (κ2) is 6.42. The summed E-state index contributed by atoms with van der Waals surface area (Å²) < 4.78 is 47.8. The largest absolute Gasteiger partial charge is 0.493 e. The van der Waals surface area contributed by atoms with Crippen LogP contribution in [0.3, 0.4) is 0 Å². The summed E-state index contributed by atoms with van der Waals surface area (Å²) in [5.41, 5.74) is -1.25. The van der Waals surface area contributed by atoms with Crippen LogP contribution in [0.4, 0.5) is 13.2 Å². The molecule has 0 aliphatic carbocycles. The summed E-state index contributed by atoms with van der Waals surface area (Å²) in [6.45, 7) is 0.361. The van der Waals surface area contributed by atoms with Crippen molar-refractivity contribution in [3.05, 3.63) is 29.3 Å². The molecule has 0 heterocycles. The van der Waals surface area contributed by atoms with Crippen molar-refractivity contribution in [2.45, 2.75) is 12.6 Å². The number of alkyl halides is 3. The van der Waals surface area contributed by atoms with E-state index in [1.54, 1.807) is 0 Å². The van der Waals surface area contributed by atoms with Gasteiger partial charge in [0.05, 0.1) is 17.7 Å². The molecule has 0 radical (unpaired) electrons. The van der Waals surface area contributed by atoms with E-state index < -0.39 is 23.5 Å². The molecular formula is C12H13F3O4. The van der Waals surface area contributed by atoms with Gasteiger partial charge in [0.1, 0.15) is 5.75 Å². The second-order valence-electron chi connectivity index (χ2n) is 3.71. The molecular weight excluding hydrogens is 265 g/mol. The Balaban J connectivity index is 2.95. The molecule has 0 unspecified atom stereocenters. The zero-order valence-corrected chi connectivity index (χ0v) is 10.2. The first kappa shape index (κ1) is 15.3. The number of benzene rings is 1. The standard InChI is InChI=1S/C12H13F3O4/c1-18-5-2-6-19-10-7-8(11(16)17)3-4-9(10)12(13,14)15/h3-4,7H,2,5-6H2,1H3,(H,16,17). The van der Waals surface area contributed by atoms with Crippen LogP contribution in [0, 0.1) is 0 Å². The highest BCUT2D eigenvalue weighted by Gasteiger charge is 2.34. The van der Waals surface area contributed by atoms with Crippen LogP contribution in [0.2, 0.25) is 0 Å². The number of hydrogen-bond acceptors (Lipinski definition) is 3. The fourth-order valence-corrected chi connectivity index (χ4v) is 1.39. The summed E-state index contributed by atoms with van der Waals surface area (Å²) in [6, 6.07) is 2.47. The first-order valence-corrected chi connectivity index (χ1v) is 5.42. The van der Waals surface area contributed by atoms with Gasteiger partial charge in [-0.3, -0.25) is 0 Å². The zero-order valence-electron chi connectivity index (χ0n) is 10.2. The van der Waals surface area contributed by atoms with Crippen molar-refractivity contribution in [1.29, 1.82) is 0 Å². The Labute approximate surface area is 107 Å². The Morgan fingerprint density at radius 2 is 2.00 bits per heavy atom. The summed E-state index contributed by atoms with van der Waals surface area (Å²) in [7, 11) is 1.46. The van der Waals surface area contributed by atoms with Crippen LogP contribution in [-0.4, -0.2) is 31.4 Å². The van der Waals surface area contributed by atoms with E-state index in [0.29, 0.717) is 19.1 Å². The lowest BCUT2D eigenvalue weighted by Gasteiger charge is -2.14. The van der Waals surface area contributed by atoms with E-state index >= 15 is 0 Å². The number of carboxylic acids is 1. The van der Waals surface area contributed by atoms with Crippen molar-refractivity contribution in [2.24, 2.45) is 0 Å². The van der Waals surface area contributed by atoms with Gasteiger partial charge in [0.2, 0.25) is 0 Å². The van der Waals surface area contributed by atoms with Crippen LogP contribution in [0.5, 0.6) is 5.75 Å². The minimum atomic E-state index is -4.59. The van der Waals surface area contributed by atoms with Gasteiger partial charge in [-0.1, -0.05) is 0 Å². The molecule has 0 amide bonds. The van der Waals surface area contributed by atoms with Gasteiger partial charge in [0, 0.05) is 20.1 Å². The Morgan fingerprint density at radius 1 is 1.32 bits per heavy atom. The third-order valence-electron chi connectivity index (χ3n) is 2.28. The van der Waals surface area contributed by atoms with Gasteiger partial charge in [0.15, 0.2) is 0 Å². The monoisotopic (exact) mass is 278 g/mol. The second-order valence-corrected chi connectivity index (χ2v) is 3.71. The fraction of sp³-hybridized carbons (Fsp3) is 0.417. The van der Waals surface area contributed by atoms with Crippen LogP contribution in [0.1, 0.15) is 22.3 Å². The van der Waals surface area contributed by atoms with E-state index in [2.05, 4.69) is 0 Å². The summed E-state index contributed by atoms with van der Waals surface area (Å²) >= 11 is 0. The predicted octanol–water partition coefficient (Wildman–Crippen LogP) is 2.82. The molecule has 0 bridgehead atoms. The average Bonchev–Trinajstić information content (AvgIpc) is 2.33. The van der Waals surface area contributed by atoms with Gasteiger partial charge in [0.25, 0.3) is 0 Å². The van der Waals surface area contributed by atoms with Gasteiger partial charge in [-0.2, -0.15) is 13.2 Å². The van der Waals surface area contributed by atoms with Crippen molar-refractivity contribution in [3.63, 3.8) is 0 Å². The molecule has 0 fully saturated rings. The highest BCUT2D eigenvalue weighted by atomic mass is 19.4.